The maximum Gasteiger partial charge on any atom is 0.263 e. The van der Waals surface area contributed by atoms with E-state index >= 15 is 0 Å². The van der Waals surface area contributed by atoms with Gasteiger partial charge in [0, 0.05) is 29.1 Å². The number of ether oxygens (including phenoxy) is 1. The highest BCUT2D eigenvalue weighted by Gasteiger charge is 2.15. The number of nitrogens with zero attached hydrogens (tertiary/aromatic N) is 1. The van der Waals surface area contributed by atoms with Crippen molar-refractivity contribution in [2.45, 2.75) is 4.90 Å². The van der Waals surface area contributed by atoms with Crippen LogP contribution in [0.2, 0.25) is 0 Å². The Kier molecular flexibility index (Phi) is 5.16. The summed E-state index contributed by atoms with van der Waals surface area (Å²) < 4.78 is 32.8. The quantitative estimate of drug-likeness (QED) is 0.809. The van der Waals surface area contributed by atoms with Crippen LogP contribution in [-0.2, 0) is 10.0 Å². The van der Waals surface area contributed by atoms with Gasteiger partial charge in [-0.1, -0.05) is 0 Å². The van der Waals surface area contributed by atoms with Gasteiger partial charge in [-0.2, -0.15) is 0 Å². The van der Waals surface area contributed by atoms with Gasteiger partial charge in [0.25, 0.3) is 10.0 Å². The van der Waals surface area contributed by atoms with E-state index in [-0.39, 0.29) is 4.90 Å². The fraction of sp³-hybridized carbons (Fsp3) is 0.154. The lowest BCUT2D eigenvalue weighted by molar-refractivity contribution is 0.328. The molecule has 0 fully saturated rings. The van der Waals surface area contributed by atoms with Gasteiger partial charge >= 0.3 is 0 Å². The molecule has 112 valence electrons. The molecule has 1 heterocycles. The van der Waals surface area contributed by atoms with Gasteiger partial charge in [0.1, 0.15) is 17.3 Å². The Balaban J connectivity index is 2.13. The summed E-state index contributed by atoms with van der Waals surface area (Å²) in [4.78, 5) is 3.93. The lowest BCUT2D eigenvalue weighted by Crippen LogP contribution is -2.13. The predicted molar refractivity (Wildman–Crippen MR) is 83.7 cm³/mol. The number of benzene rings is 1. The second-order valence-corrected chi connectivity index (χ2v) is 6.70. The minimum absolute atomic E-state index is 0.0836. The van der Waals surface area contributed by atoms with Crippen molar-refractivity contribution in [2.75, 3.05) is 17.9 Å². The SMILES string of the molecule is NCCOc1ccc(NS(=O)(=O)c2cncc(Br)c2)cc1. The Labute approximate surface area is 131 Å². The van der Waals surface area contributed by atoms with Crippen molar-refractivity contribution in [3.63, 3.8) is 0 Å². The van der Waals surface area contributed by atoms with Gasteiger partial charge in [0.15, 0.2) is 0 Å². The summed E-state index contributed by atoms with van der Waals surface area (Å²) >= 11 is 3.19. The van der Waals surface area contributed by atoms with E-state index in [1.807, 2.05) is 0 Å². The van der Waals surface area contributed by atoms with Crippen LogP contribution in [0, 0.1) is 0 Å². The van der Waals surface area contributed by atoms with Gasteiger partial charge in [-0.25, -0.2) is 8.42 Å². The van der Waals surface area contributed by atoms with Crippen LogP contribution in [0.3, 0.4) is 0 Å². The lowest BCUT2D eigenvalue weighted by Gasteiger charge is -2.09. The van der Waals surface area contributed by atoms with E-state index in [4.69, 9.17) is 10.5 Å². The monoisotopic (exact) mass is 371 g/mol. The molecular formula is C13H14BrN3O3S. The minimum atomic E-state index is -3.67. The van der Waals surface area contributed by atoms with Crippen LogP contribution in [0.1, 0.15) is 0 Å². The molecule has 2 rings (SSSR count). The molecule has 0 spiro atoms. The number of rotatable bonds is 6. The maximum absolute atomic E-state index is 12.2. The molecule has 6 nitrogen and oxygen atoms in total. The number of nitrogens with two attached hydrogens (primary N) is 1. The summed E-state index contributed by atoms with van der Waals surface area (Å²) in [6, 6.07) is 8.07. The van der Waals surface area contributed by atoms with E-state index in [1.165, 1.54) is 18.5 Å². The topological polar surface area (TPSA) is 94.3 Å². The van der Waals surface area contributed by atoms with E-state index in [2.05, 4.69) is 25.6 Å². The summed E-state index contributed by atoms with van der Waals surface area (Å²) in [6.07, 6.45) is 2.80. The van der Waals surface area contributed by atoms with Crippen LogP contribution in [0.4, 0.5) is 5.69 Å². The van der Waals surface area contributed by atoms with Crippen LogP contribution in [-0.4, -0.2) is 26.6 Å². The van der Waals surface area contributed by atoms with Gasteiger partial charge in [0.05, 0.1) is 0 Å². The third kappa shape index (κ3) is 4.42. The highest BCUT2D eigenvalue weighted by atomic mass is 79.9. The Morgan fingerprint density at radius 2 is 1.95 bits per heavy atom. The lowest BCUT2D eigenvalue weighted by atomic mass is 10.3. The third-order valence-electron chi connectivity index (χ3n) is 2.48. The van der Waals surface area contributed by atoms with Crippen molar-refractivity contribution in [3.05, 3.63) is 47.2 Å². The van der Waals surface area contributed by atoms with E-state index in [0.717, 1.165) is 0 Å². The van der Waals surface area contributed by atoms with Crippen LogP contribution < -0.4 is 15.2 Å². The number of pyridine rings is 1. The maximum atomic E-state index is 12.2. The zero-order valence-corrected chi connectivity index (χ0v) is 13.4. The smallest absolute Gasteiger partial charge is 0.263 e. The van der Waals surface area contributed by atoms with E-state index in [9.17, 15) is 8.42 Å². The molecule has 1 aromatic carbocycles. The Morgan fingerprint density at radius 1 is 1.24 bits per heavy atom. The van der Waals surface area contributed by atoms with Gasteiger partial charge in [-0.05, 0) is 46.3 Å². The molecule has 0 saturated heterocycles. The second-order valence-electron chi connectivity index (χ2n) is 4.11. The molecule has 0 atom stereocenters. The largest absolute Gasteiger partial charge is 0.492 e. The Morgan fingerprint density at radius 3 is 2.57 bits per heavy atom. The fourth-order valence-corrected chi connectivity index (χ4v) is 3.11. The van der Waals surface area contributed by atoms with Crippen LogP contribution in [0.15, 0.2) is 52.1 Å². The van der Waals surface area contributed by atoms with Crippen LogP contribution >= 0.6 is 15.9 Å². The molecule has 0 aliphatic rings. The Hall–Kier alpha value is -1.64. The van der Waals surface area contributed by atoms with Crippen molar-refractivity contribution in [3.8, 4) is 5.75 Å². The number of nitrogens with one attached hydrogen (secondary N) is 1. The van der Waals surface area contributed by atoms with Crippen molar-refractivity contribution >= 4 is 31.6 Å². The molecule has 0 radical (unpaired) electrons. The highest BCUT2D eigenvalue weighted by Crippen LogP contribution is 2.20. The zero-order chi connectivity index (χ0) is 15.3. The van der Waals surface area contributed by atoms with Crippen LogP contribution in [0.5, 0.6) is 5.75 Å². The van der Waals surface area contributed by atoms with E-state index in [1.54, 1.807) is 24.3 Å². The van der Waals surface area contributed by atoms with E-state index in [0.29, 0.717) is 29.1 Å². The summed E-state index contributed by atoms with van der Waals surface area (Å²) in [5, 5.41) is 0. The van der Waals surface area contributed by atoms with Crippen LogP contribution in [0.25, 0.3) is 0 Å². The summed E-state index contributed by atoms with van der Waals surface area (Å²) in [6.45, 7) is 0.832. The molecule has 0 amide bonds. The first-order valence-corrected chi connectivity index (χ1v) is 8.35. The summed E-state index contributed by atoms with van der Waals surface area (Å²) in [5.74, 6) is 0.632. The van der Waals surface area contributed by atoms with Crippen molar-refractivity contribution < 1.29 is 13.2 Å². The first kappa shape index (κ1) is 15.7. The van der Waals surface area contributed by atoms with Gasteiger partial charge in [-0.3, -0.25) is 9.71 Å². The van der Waals surface area contributed by atoms with Gasteiger partial charge in [-0.15, -0.1) is 0 Å². The minimum Gasteiger partial charge on any atom is -0.492 e. The van der Waals surface area contributed by atoms with Gasteiger partial charge < -0.3 is 10.5 Å². The molecule has 3 N–H and O–H groups in total. The number of halogens is 1. The molecule has 0 saturated carbocycles. The molecule has 21 heavy (non-hydrogen) atoms. The van der Waals surface area contributed by atoms with Crippen molar-refractivity contribution in [2.24, 2.45) is 5.73 Å². The molecule has 1 aromatic heterocycles. The molecular weight excluding hydrogens is 358 g/mol. The average Bonchev–Trinajstić information content (AvgIpc) is 2.46. The van der Waals surface area contributed by atoms with Crippen molar-refractivity contribution in [1.29, 1.82) is 0 Å². The fourth-order valence-electron chi connectivity index (χ4n) is 1.55. The molecule has 0 bridgehead atoms. The number of sulfonamides is 1. The van der Waals surface area contributed by atoms with Crippen molar-refractivity contribution in [1.82, 2.24) is 4.98 Å². The molecule has 0 unspecified atom stereocenters. The highest BCUT2D eigenvalue weighted by molar-refractivity contribution is 9.10. The first-order chi connectivity index (χ1) is 10.0. The molecule has 0 aliphatic carbocycles. The first-order valence-electron chi connectivity index (χ1n) is 6.07. The third-order valence-corrected chi connectivity index (χ3v) is 4.27. The average molecular weight is 372 g/mol. The molecule has 8 heteroatoms. The van der Waals surface area contributed by atoms with Gasteiger partial charge in [0.2, 0.25) is 0 Å². The summed E-state index contributed by atoms with van der Waals surface area (Å²) in [5.41, 5.74) is 5.78. The number of anilines is 1. The second kappa shape index (κ2) is 6.88. The normalized spacial score (nSPS) is 11.1. The summed E-state index contributed by atoms with van der Waals surface area (Å²) in [7, 11) is -3.67. The Bertz CT molecular complexity index is 705. The zero-order valence-electron chi connectivity index (χ0n) is 11.0. The number of hydrogen-bond acceptors (Lipinski definition) is 5. The predicted octanol–water partition coefficient (Wildman–Crippen LogP) is 1.98. The van der Waals surface area contributed by atoms with E-state index < -0.39 is 10.0 Å². The molecule has 2 aromatic rings. The number of hydrogen-bond donors (Lipinski definition) is 2. The standard InChI is InChI=1S/C13H14BrN3O3S/c14-10-7-13(9-16-8-10)21(18,19)17-11-1-3-12(4-2-11)20-6-5-15/h1-4,7-9,17H,5-6,15H2. The molecule has 0 aliphatic heterocycles. The number of aromatic nitrogens is 1.